The first-order valence-corrected chi connectivity index (χ1v) is 10.3. The molecular formula is C20H14BrFN4OS. The van der Waals surface area contributed by atoms with E-state index < -0.39 is 0 Å². The van der Waals surface area contributed by atoms with Crippen molar-refractivity contribution in [3.05, 3.63) is 69.6 Å². The fraction of sp³-hybridized carbons (Fsp3) is 0.150. The molecule has 0 saturated carbocycles. The van der Waals surface area contributed by atoms with Crippen molar-refractivity contribution < 1.29 is 9.18 Å². The molecule has 1 N–H and O–H groups in total. The summed E-state index contributed by atoms with van der Waals surface area (Å²) in [4.78, 5) is 17.1. The molecule has 8 heteroatoms. The van der Waals surface area contributed by atoms with Crippen LogP contribution in [0, 0.1) is 12.7 Å². The highest BCUT2D eigenvalue weighted by atomic mass is 79.9. The molecule has 1 aliphatic rings. The van der Waals surface area contributed by atoms with E-state index in [-0.39, 0.29) is 24.1 Å². The van der Waals surface area contributed by atoms with Gasteiger partial charge in [0.1, 0.15) is 11.6 Å². The molecular weight excluding hydrogens is 443 g/mol. The van der Waals surface area contributed by atoms with Gasteiger partial charge in [-0.2, -0.15) is 9.78 Å². The summed E-state index contributed by atoms with van der Waals surface area (Å²) in [6.45, 7) is 1.91. The number of halogens is 2. The fourth-order valence-electron chi connectivity index (χ4n) is 3.67. The van der Waals surface area contributed by atoms with E-state index in [1.165, 1.54) is 23.5 Å². The number of thiazole rings is 1. The van der Waals surface area contributed by atoms with Gasteiger partial charge < -0.3 is 5.32 Å². The van der Waals surface area contributed by atoms with Gasteiger partial charge in [0.25, 0.3) is 0 Å². The second-order valence-corrected chi connectivity index (χ2v) is 8.65. The molecule has 3 heterocycles. The Morgan fingerprint density at radius 1 is 1.29 bits per heavy atom. The van der Waals surface area contributed by atoms with E-state index in [4.69, 9.17) is 0 Å². The highest BCUT2D eigenvalue weighted by Gasteiger charge is 2.33. The lowest BCUT2D eigenvalue weighted by atomic mass is 9.86. The van der Waals surface area contributed by atoms with Crippen LogP contribution in [0.4, 0.5) is 10.2 Å². The van der Waals surface area contributed by atoms with Gasteiger partial charge in [-0.15, -0.1) is 0 Å². The zero-order chi connectivity index (χ0) is 19.4. The van der Waals surface area contributed by atoms with Crippen LogP contribution in [0.15, 0.2) is 46.9 Å². The molecule has 0 fully saturated rings. The van der Waals surface area contributed by atoms with Gasteiger partial charge in [0.05, 0.1) is 15.9 Å². The van der Waals surface area contributed by atoms with Gasteiger partial charge >= 0.3 is 0 Å². The third-order valence-electron chi connectivity index (χ3n) is 4.87. The number of anilines is 1. The van der Waals surface area contributed by atoms with Gasteiger partial charge in [0, 0.05) is 22.4 Å². The van der Waals surface area contributed by atoms with Crippen LogP contribution in [0.25, 0.3) is 15.3 Å². The van der Waals surface area contributed by atoms with E-state index in [2.05, 4.69) is 31.3 Å². The first-order chi connectivity index (χ1) is 13.5. The van der Waals surface area contributed by atoms with Crippen molar-refractivity contribution >= 4 is 49.2 Å². The number of hydrogen-bond acceptors (Lipinski definition) is 4. The van der Waals surface area contributed by atoms with E-state index in [0.717, 1.165) is 31.5 Å². The second kappa shape index (κ2) is 6.49. The van der Waals surface area contributed by atoms with Crippen LogP contribution in [-0.4, -0.2) is 20.7 Å². The highest BCUT2D eigenvalue weighted by Crippen LogP contribution is 2.41. The minimum Gasteiger partial charge on any atom is -0.310 e. The largest absolute Gasteiger partial charge is 0.310 e. The number of benzene rings is 2. The molecule has 0 radical (unpaired) electrons. The summed E-state index contributed by atoms with van der Waals surface area (Å²) in [5.74, 6) is -0.0588. The van der Waals surface area contributed by atoms with Crippen LogP contribution in [0.3, 0.4) is 0 Å². The topological polar surface area (TPSA) is 59.8 Å². The van der Waals surface area contributed by atoms with Crippen LogP contribution in [0.2, 0.25) is 0 Å². The maximum atomic E-state index is 13.8. The summed E-state index contributed by atoms with van der Waals surface area (Å²) in [7, 11) is 0. The van der Waals surface area contributed by atoms with E-state index in [1.807, 2.05) is 31.2 Å². The fourth-order valence-corrected chi connectivity index (χ4v) is 5.15. The Bertz CT molecular complexity index is 1250. The quantitative estimate of drug-likeness (QED) is 0.452. The Hall–Kier alpha value is -2.58. The van der Waals surface area contributed by atoms with E-state index >= 15 is 0 Å². The monoisotopic (exact) mass is 456 g/mol. The number of amides is 1. The predicted molar refractivity (Wildman–Crippen MR) is 111 cm³/mol. The number of rotatable bonds is 2. The number of fused-ring (bicyclic) bond motifs is 2. The van der Waals surface area contributed by atoms with E-state index in [0.29, 0.717) is 10.9 Å². The van der Waals surface area contributed by atoms with Crippen LogP contribution < -0.4 is 5.32 Å². The summed E-state index contributed by atoms with van der Waals surface area (Å²) in [5, 5.41) is 8.28. The average Bonchev–Trinajstić information content (AvgIpc) is 3.21. The molecule has 2 aromatic heterocycles. The lowest BCUT2D eigenvalue weighted by Gasteiger charge is -2.24. The van der Waals surface area contributed by atoms with Gasteiger partial charge in [-0.05, 0) is 42.8 Å². The molecule has 5 nitrogen and oxygen atoms in total. The van der Waals surface area contributed by atoms with E-state index in [9.17, 15) is 9.18 Å². The smallest absolute Gasteiger partial charge is 0.226 e. The van der Waals surface area contributed by atoms with Crippen molar-refractivity contribution in [1.82, 2.24) is 14.8 Å². The lowest BCUT2D eigenvalue weighted by Crippen LogP contribution is -2.25. The first-order valence-electron chi connectivity index (χ1n) is 8.71. The zero-order valence-electron chi connectivity index (χ0n) is 14.7. The minimum atomic E-state index is -0.313. The summed E-state index contributed by atoms with van der Waals surface area (Å²) >= 11 is 4.98. The third-order valence-corrected chi connectivity index (χ3v) is 6.36. The molecule has 1 aliphatic heterocycles. The van der Waals surface area contributed by atoms with Crippen LogP contribution in [-0.2, 0) is 4.79 Å². The zero-order valence-corrected chi connectivity index (χ0v) is 17.1. The molecule has 0 bridgehead atoms. The van der Waals surface area contributed by atoms with Crippen molar-refractivity contribution in [2.45, 2.75) is 19.3 Å². The Kier molecular flexibility index (Phi) is 4.06. The lowest BCUT2D eigenvalue weighted by molar-refractivity contribution is -0.116. The molecule has 0 saturated heterocycles. The number of aromatic nitrogens is 3. The summed E-state index contributed by atoms with van der Waals surface area (Å²) < 4.78 is 17.5. The number of hydrogen-bond donors (Lipinski definition) is 1. The van der Waals surface area contributed by atoms with Gasteiger partial charge in [0.2, 0.25) is 11.0 Å². The van der Waals surface area contributed by atoms with Gasteiger partial charge in [-0.25, -0.2) is 9.37 Å². The predicted octanol–water partition coefficient (Wildman–Crippen LogP) is 5.17. The first kappa shape index (κ1) is 17.5. The number of nitrogens with zero attached hydrogens (tertiary/aromatic N) is 3. The van der Waals surface area contributed by atoms with Crippen molar-refractivity contribution in [3.63, 3.8) is 0 Å². The second-order valence-electron chi connectivity index (χ2n) is 6.73. The van der Waals surface area contributed by atoms with E-state index in [1.54, 1.807) is 10.7 Å². The van der Waals surface area contributed by atoms with Crippen molar-refractivity contribution in [3.8, 4) is 5.13 Å². The van der Waals surface area contributed by atoms with Gasteiger partial charge in [-0.1, -0.05) is 39.4 Å². The molecule has 28 heavy (non-hydrogen) atoms. The maximum Gasteiger partial charge on any atom is 0.226 e. The van der Waals surface area contributed by atoms with Gasteiger partial charge in [0.15, 0.2) is 0 Å². The molecule has 4 aromatic rings. The standard InChI is InChI=1S/C20H14BrFN4OS/c1-10-18-14(11-3-2-4-13(22)7-11)9-17(27)24-19(18)26(25-10)20-23-15-6-5-12(21)8-16(15)28-20/h2-8,14H,9H2,1H3,(H,24,27). The van der Waals surface area contributed by atoms with Crippen LogP contribution >= 0.6 is 27.3 Å². The Balaban J connectivity index is 1.68. The molecule has 1 atom stereocenters. The highest BCUT2D eigenvalue weighted by molar-refractivity contribution is 9.10. The van der Waals surface area contributed by atoms with Crippen molar-refractivity contribution in [1.29, 1.82) is 0 Å². The van der Waals surface area contributed by atoms with Gasteiger partial charge in [-0.3, -0.25) is 4.79 Å². The minimum absolute atomic E-state index is 0.119. The molecule has 1 unspecified atom stereocenters. The number of carbonyl (C=O) groups is 1. The number of carbonyl (C=O) groups excluding carboxylic acids is 1. The summed E-state index contributed by atoms with van der Waals surface area (Å²) in [6, 6.07) is 12.3. The Labute approximate surface area is 172 Å². The Morgan fingerprint density at radius 2 is 2.14 bits per heavy atom. The third kappa shape index (κ3) is 2.84. The molecule has 5 rings (SSSR count). The molecule has 140 valence electrons. The molecule has 0 aliphatic carbocycles. The SMILES string of the molecule is Cc1nn(-c2nc3ccc(Br)cc3s2)c2c1C(c1cccc(F)c1)CC(=O)N2. The van der Waals surface area contributed by atoms with Crippen molar-refractivity contribution in [2.24, 2.45) is 0 Å². The maximum absolute atomic E-state index is 13.8. The molecule has 1 amide bonds. The molecule has 2 aromatic carbocycles. The van der Waals surface area contributed by atoms with Crippen LogP contribution in [0.5, 0.6) is 0 Å². The van der Waals surface area contributed by atoms with Crippen LogP contribution in [0.1, 0.15) is 29.2 Å². The molecule has 0 spiro atoms. The Morgan fingerprint density at radius 3 is 2.96 bits per heavy atom. The number of nitrogens with one attached hydrogen (secondary N) is 1. The average molecular weight is 457 g/mol. The number of aryl methyl sites for hydroxylation is 1. The normalized spacial score (nSPS) is 16.2. The summed E-state index contributed by atoms with van der Waals surface area (Å²) in [6.07, 6.45) is 0.260. The van der Waals surface area contributed by atoms with Crippen molar-refractivity contribution in [2.75, 3.05) is 5.32 Å². The summed E-state index contributed by atoms with van der Waals surface area (Å²) in [5.41, 5.74) is 3.34.